The van der Waals surface area contributed by atoms with Crippen molar-refractivity contribution in [2.45, 2.75) is 4.30 Å². The Balaban J connectivity index is -0.0000000221. The normalized spacial score (nSPS) is 5.33. The van der Waals surface area contributed by atoms with E-state index in [2.05, 4.69) is 0 Å². The van der Waals surface area contributed by atoms with Crippen LogP contribution in [-0.2, 0) is 0 Å². The number of hydrogen-bond donors (Lipinski definition) is 3. The molecule has 0 amide bonds. The molecular weight excluding hydrogens is 188 g/mol. The van der Waals surface area contributed by atoms with E-state index in [1.165, 1.54) is 0 Å². The Bertz CT molecular complexity index is 21.8. The van der Waals surface area contributed by atoms with E-state index in [0.717, 1.165) is 14.2 Å². The van der Waals surface area contributed by atoms with Crippen LogP contribution in [0.5, 0.6) is 0 Å². The van der Waals surface area contributed by atoms with E-state index in [1.54, 1.807) is 0 Å². The van der Waals surface area contributed by atoms with Gasteiger partial charge in [0.25, 0.3) is 0 Å². The summed E-state index contributed by atoms with van der Waals surface area (Å²) in [7, 11) is 2.00. The minimum absolute atomic E-state index is 0. The molecular formula is C3H12Cl3NO2. The highest BCUT2D eigenvalue weighted by Gasteiger charge is 1.78. The zero-order chi connectivity index (χ0) is 7.58. The van der Waals surface area contributed by atoms with Crippen molar-refractivity contribution >= 4 is 34.8 Å². The summed E-state index contributed by atoms with van der Waals surface area (Å²) in [6.07, 6.45) is 0. The fourth-order valence-electron chi connectivity index (χ4n) is 0. The van der Waals surface area contributed by atoms with E-state index in [0.29, 0.717) is 0 Å². The van der Waals surface area contributed by atoms with Gasteiger partial charge in [0.1, 0.15) is 0 Å². The number of aliphatic hydroxyl groups is 2. The maximum Gasteiger partial charge on any atom is 0.180 e. The highest BCUT2D eigenvalue weighted by Crippen LogP contribution is 2.03. The Kier molecular flexibility index (Phi) is 93.8. The second kappa shape index (κ2) is 37.4. The van der Waals surface area contributed by atoms with Gasteiger partial charge in [0.15, 0.2) is 4.30 Å². The number of rotatable bonds is 0. The summed E-state index contributed by atoms with van der Waals surface area (Å²) in [5.74, 6) is 0. The van der Waals surface area contributed by atoms with Crippen molar-refractivity contribution in [2.75, 3.05) is 14.2 Å². The zero-order valence-corrected chi connectivity index (χ0v) is 7.58. The van der Waals surface area contributed by atoms with Crippen LogP contribution in [0.3, 0.4) is 0 Å². The van der Waals surface area contributed by atoms with Gasteiger partial charge in [0, 0.05) is 14.2 Å². The van der Waals surface area contributed by atoms with Gasteiger partial charge in [-0.25, -0.2) is 0 Å². The lowest BCUT2D eigenvalue weighted by Gasteiger charge is -1.69. The molecule has 0 aromatic heterocycles. The van der Waals surface area contributed by atoms with Crippen LogP contribution in [-0.4, -0.2) is 28.7 Å². The molecule has 0 saturated carbocycles. The number of halogens is 3. The van der Waals surface area contributed by atoms with E-state index in [9.17, 15) is 0 Å². The molecule has 0 aromatic carbocycles. The van der Waals surface area contributed by atoms with Crippen molar-refractivity contribution < 1.29 is 10.2 Å². The Labute approximate surface area is 70.1 Å². The van der Waals surface area contributed by atoms with Crippen LogP contribution in [0.4, 0.5) is 0 Å². The smallest absolute Gasteiger partial charge is 0.180 e. The summed E-state index contributed by atoms with van der Waals surface area (Å²) >= 11 is 14.4. The number of aliphatic hydroxyl groups excluding tert-OH is 2. The summed E-state index contributed by atoms with van der Waals surface area (Å²) in [5.41, 5.74) is 0. The van der Waals surface area contributed by atoms with Gasteiger partial charge in [-0.2, -0.15) is 0 Å². The van der Waals surface area contributed by atoms with E-state index in [-0.39, 0.29) is 6.15 Å². The summed E-state index contributed by atoms with van der Waals surface area (Å²) < 4.78 is -0.750. The zero-order valence-electron chi connectivity index (χ0n) is 5.31. The summed E-state index contributed by atoms with van der Waals surface area (Å²) in [6.45, 7) is 0. The minimum atomic E-state index is -0.750. The van der Waals surface area contributed by atoms with E-state index >= 15 is 0 Å². The van der Waals surface area contributed by atoms with Crippen LogP contribution in [0.2, 0.25) is 0 Å². The first-order chi connectivity index (χ1) is 3.73. The third-order valence-corrected chi connectivity index (χ3v) is 0. The van der Waals surface area contributed by atoms with Crippen LogP contribution in [0.1, 0.15) is 0 Å². The molecule has 0 aliphatic carbocycles. The fraction of sp³-hybridized carbons (Fsp3) is 1.00. The topological polar surface area (TPSA) is 75.5 Å². The molecule has 6 heteroatoms. The maximum atomic E-state index is 7.00. The quantitative estimate of drug-likeness (QED) is 0.517. The van der Waals surface area contributed by atoms with Crippen LogP contribution in [0.25, 0.3) is 0 Å². The average molecular weight is 200 g/mol. The first-order valence-corrected chi connectivity index (χ1v) is 2.86. The Morgan fingerprint density at radius 3 is 0.889 bits per heavy atom. The van der Waals surface area contributed by atoms with Crippen LogP contribution in [0.15, 0.2) is 0 Å². The van der Waals surface area contributed by atoms with Crippen molar-refractivity contribution in [2.24, 2.45) is 0 Å². The molecule has 0 rings (SSSR count). The number of hydrogen-bond acceptors (Lipinski definition) is 3. The van der Waals surface area contributed by atoms with Gasteiger partial charge in [0.2, 0.25) is 0 Å². The molecule has 0 aliphatic heterocycles. The van der Waals surface area contributed by atoms with E-state index < -0.39 is 4.30 Å². The third kappa shape index (κ3) is 709. The van der Waals surface area contributed by atoms with Gasteiger partial charge in [-0.15, -0.1) is 0 Å². The lowest BCUT2D eigenvalue weighted by molar-refractivity contribution is 0.399. The molecule has 0 saturated heterocycles. The van der Waals surface area contributed by atoms with Crippen LogP contribution < -0.4 is 6.15 Å². The first kappa shape index (κ1) is 22.6. The summed E-state index contributed by atoms with van der Waals surface area (Å²) in [6, 6.07) is 0. The van der Waals surface area contributed by atoms with Gasteiger partial charge in [-0.3, -0.25) is 0 Å². The monoisotopic (exact) mass is 199 g/mol. The minimum Gasteiger partial charge on any atom is -0.400 e. The molecule has 0 unspecified atom stereocenters. The summed E-state index contributed by atoms with van der Waals surface area (Å²) in [5, 5.41) is 14.0. The molecule has 3 nitrogen and oxygen atoms in total. The fourth-order valence-corrected chi connectivity index (χ4v) is 0. The van der Waals surface area contributed by atoms with Crippen molar-refractivity contribution in [1.29, 1.82) is 0 Å². The second-order valence-corrected chi connectivity index (χ2v) is 2.23. The predicted molar refractivity (Wildman–Crippen MR) is 42.7 cm³/mol. The van der Waals surface area contributed by atoms with Gasteiger partial charge >= 0.3 is 0 Å². The van der Waals surface area contributed by atoms with Gasteiger partial charge < -0.3 is 16.4 Å². The molecule has 0 aliphatic rings. The van der Waals surface area contributed by atoms with E-state index in [1.807, 2.05) is 0 Å². The van der Waals surface area contributed by atoms with Crippen molar-refractivity contribution in [1.82, 2.24) is 6.15 Å². The van der Waals surface area contributed by atoms with Crippen molar-refractivity contribution in [3.05, 3.63) is 0 Å². The Morgan fingerprint density at radius 2 is 0.889 bits per heavy atom. The average Bonchev–Trinajstić information content (AvgIpc) is 1.75. The maximum absolute atomic E-state index is 7.00. The first-order valence-electron chi connectivity index (χ1n) is 1.55. The lowest BCUT2D eigenvalue weighted by atomic mass is 11.8. The Hall–Kier alpha value is 0.750. The van der Waals surface area contributed by atoms with E-state index in [4.69, 9.17) is 45.0 Å². The molecule has 9 heavy (non-hydrogen) atoms. The molecule has 0 bridgehead atoms. The van der Waals surface area contributed by atoms with Gasteiger partial charge in [-0.1, -0.05) is 34.8 Å². The van der Waals surface area contributed by atoms with Crippen LogP contribution in [0, 0.1) is 0 Å². The predicted octanol–water partition coefficient (Wildman–Crippen LogP) is 1.37. The second-order valence-electron chi connectivity index (χ2n) is 0.247. The molecule has 62 valence electrons. The molecule has 0 aromatic rings. The molecule has 0 heterocycles. The molecule has 0 radical (unpaired) electrons. The Morgan fingerprint density at radius 1 is 0.889 bits per heavy atom. The SMILES string of the molecule is CO.CO.ClC(Cl)Cl.N. The lowest BCUT2D eigenvalue weighted by Crippen LogP contribution is -1.55. The molecule has 0 atom stereocenters. The molecule has 0 fully saturated rings. The van der Waals surface area contributed by atoms with Crippen LogP contribution >= 0.6 is 34.8 Å². The molecule has 5 N–H and O–H groups in total. The summed E-state index contributed by atoms with van der Waals surface area (Å²) in [4.78, 5) is 0. The highest BCUT2D eigenvalue weighted by molar-refractivity contribution is 6.63. The number of alkyl halides is 3. The van der Waals surface area contributed by atoms with Crippen molar-refractivity contribution in [3.8, 4) is 0 Å². The van der Waals surface area contributed by atoms with Crippen molar-refractivity contribution in [3.63, 3.8) is 0 Å². The van der Waals surface area contributed by atoms with Gasteiger partial charge in [-0.05, 0) is 0 Å². The standard InChI is InChI=1S/CHCl3.2CH4O.H3N/c2-1(3)4;2*1-2;/h1H;2*2H,1H3;1H3. The van der Waals surface area contributed by atoms with Gasteiger partial charge in [0.05, 0.1) is 0 Å². The third-order valence-electron chi connectivity index (χ3n) is 0. The molecule has 0 spiro atoms. The highest BCUT2D eigenvalue weighted by atomic mass is 35.6. The largest absolute Gasteiger partial charge is 0.400 e.